The minimum Gasteiger partial charge on any atom is -0.454 e. The van der Waals surface area contributed by atoms with E-state index in [1.165, 1.54) is 0 Å². The van der Waals surface area contributed by atoms with Crippen LogP contribution in [-0.2, 0) is 9.47 Å². The van der Waals surface area contributed by atoms with Crippen LogP contribution in [0.1, 0.15) is 42.4 Å². The number of rotatable bonds is 5. The minimum absolute atomic E-state index is 0.00531. The predicted octanol–water partition coefficient (Wildman–Crippen LogP) is 5.46. The van der Waals surface area contributed by atoms with E-state index in [2.05, 4.69) is 21.9 Å². The van der Waals surface area contributed by atoms with E-state index in [0.717, 1.165) is 17.4 Å². The van der Waals surface area contributed by atoms with Gasteiger partial charge in [0.2, 0.25) is 0 Å². The lowest BCUT2D eigenvalue weighted by Gasteiger charge is -2.23. The van der Waals surface area contributed by atoms with Crippen molar-refractivity contribution < 1.29 is 14.3 Å². The molecule has 1 aliphatic heterocycles. The molecule has 4 rings (SSSR count). The Bertz CT molecular complexity index is 1120. The highest BCUT2D eigenvalue weighted by Crippen LogP contribution is 2.41. The minimum atomic E-state index is -0.525. The number of nitrogens with zero attached hydrogens (tertiary/aromatic N) is 5. The molecular formula is C22H23N5O3. The highest BCUT2D eigenvalue weighted by Gasteiger charge is 2.45. The summed E-state index contributed by atoms with van der Waals surface area (Å²) in [5.74, 6) is -0.376. The Hall–Kier alpha value is -3.35. The lowest BCUT2D eigenvalue weighted by Crippen LogP contribution is -2.30. The number of azide groups is 1. The van der Waals surface area contributed by atoms with Crippen LogP contribution in [0, 0.1) is 12.8 Å². The van der Waals surface area contributed by atoms with Crippen LogP contribution in [0.3, 0.4) is 0 Å². The number of ether oxygens (including phenoxy) is 2. The first kappa shape index (κ1) is 19.9. The van der Waals surface area contributed by atoms with Crippen molar-refractivity contribution in [3.8, 4) is 0 Å². The van der Waals surface area contributed by atoms with E-state index in [0.29, 0.717) is 16.9 Å². The number of aromatic nitrogens is 2. The molecule has 0 spiro atoms. The van der Waals surface area contributed by atoms with Crippen molar-refractivity contribution in [3.63, 3.8) is 0 Å². The molecule has 30 heavy (non-hydrogen) atoms. The lowest BCUT2D eigenvalue weighted by molar-refractivity contribution is -0.0467. The van der Waals surface area contributed by atoms with Gasteiger partial charge in [-0.3, -0.25) is 0 Å². The van der Waals surface area contributed by atoms with E-state index in [9.17, 15) is 4.79 Å². The van der Waals surface area contributed by atoms with Crippen molar-refractivity contribution in [2.45, 2.75) is 45.6 Å². The van der Waals surface area contributed by atoms with Gasteiger partial charge in [0.25, 0.3) is 0 Å². The van der Waals surface area contributed by atoms with E-state index in [1.54, 1.807) is 24.4 Å². The van der Waals surface area contributed by atoms with E-state index in [-0.39, 0.29) is 18.0 Å². The van der Waals surface area contributed by atoms with Crippen molar-refractivity contribution in [1.82, 2.24) is 9.55 Å². The first-order valence-corrected chi connectivity index (χ1v) is 9.97. The average molecular weight is 405 g/mol. The SMILES string of the molecule is CC[C@H]1O[C@@H](n2cc(C)c3c(N=[N+]=[N-])ccnc32)[C@H](OC(=O)c2ccccc2)[C@@H]1C. The Morgan fingerprint density at radius 2 is 2.10 bits per heavy atom. The van der Waals surface area contributed by atoms with Crippen LogP contribution in [-0.4, -0.2) is 27.7 Å². The zero-order valence-corrected chi connectivity index (χ0v) is 17.1. The van der Waals surface area contributed by atoms with E-state index < -0.39 is 12.3 Å². The van der Waals surface area contributed by atoms with Crippen LogP contribution in [0.2, 0.25) is 0 Å². The van der Waals surface area contributed by atoms with Gasteiger partial charge in [0.1, 0.15) is 5.65 Å². The van der Waals surface area contributed by atoms with Crippen LogP contribution >= 0.6 is 0 Å². The molecule has 1 aliphatic rings. The summed E-state index contributed by atoms with van der Waals surface area (Å²) in [7, 11) is 0. The topological polar surface area (TPSA) is 102 Å². The number of carbonyl (C=O) groups excluding carboxylic acids is 1. The van der Waals surface area contributed by atoms with E-state index in [4.69, 9.17) is 15.0 Å². The summed E-state index contributed by atoms with van der Waals surface area (Å²) in [6.07, 6.45) is 3.24. The highest BCUT2D eigenvalue weighted by atomic mass is 16.6. The van der Waals surface area contributed by atoms with Gasteiger partial charge in [0.05, 0.1) is 17.4 Å². The van der Waals surface area contributed by atoms with Crippen molar-refractivity contribution >= 4 is 22.7 Å². The first-order valence-electron chi connectivity index (χ1n) is 9.97. The molecule has 3 heterocycles. The molecule has 0 saturated carbocycles. The summed E-state index contributed by atoms with van der Waals surface area (Å²) >= 11 is 0. The number of pyridine rings is 1. The van der Waals surface area contributed by atoms with Crippen molar-refractivity contribution in [2.75, 3.05) is 0 Å². The molecule has 1 aromatic carbocycles. The zero-order chi connectivity index (χ0) is 21.3. The van der Waals surface area contributed by atoms with Crippen molar-refractivity contribution in [2.24, 2.45) is 11.0 Å². The molecule has 8 heteroatoms. The summed E-state index contributed by atoms with van der Waals surface area (Å²) in [5.41, 5.74) is 11.4. The Kier molecular flexibility index (Phi) is 5.44. The fourth-order valence-corrected chi connectivity index (χ4v) is 4.15. The molecule has 0 unspecified atom stereocenters. The maximum absolute atomic E-state index is 12.8. The van der Waals surface area contributed by atoms with Gasteiger partial charge < -0.3 is 14.0 Å². The molecule has 8 nitrogen and oxygen atoms in total. The standard InChI is InChI=1S/C22H23N5O3/c1-4-17-14(3)19(30-22(28)15-8-6-5-7-9-15)21(29-17)27-12-13(2)18-16(25-26-23)10-11-24-20(18)27/h5-12,14,17,19,21H,4H2,1-3H3/t14-,17-,19-,21-/m1/s1. The monoisotopic (exact) mass is 405 g/mol. The number of hydrogen-bond acceptors (Lipinski definition) is 5. The summed E-state index contributed by atoms with van der Waals surface area (Å²) < 4.78 is 14.2. The third-order valence-corrected chi connectivity index (χ3v) is 5.66. The highest BCUT2D eigenvalue weighted by molar-refractivity contribution is 5.91. The molecular weight excluding hydrogens is 382 g/mol. The maximum Gasteiger partial charge on any atom is 0.338 e. The predicted molar refractivity (Wildman–Crippen MR) is 112 cm³/mol. The fourth-order valence-electron chi connectivity index (χ4n) is 4.15. The van der Waals surface area contributed by atoms with Crippen molar-refractivity contribution in [1.29, 1.82) is 0 Å². The molecule has 3 aromatic rings. The van der Waals surface area contributed by atoms with Gasteiger partial charge in [-0.2, -0.15) is 0 Å². The van der Waals surface area contributed by atoms with Gasteiger partial charge in [0.15, 0.2) is 12.3 Å². The number of benzene rings is 1. The van der Waals surface area contributed by atoms with E-state index >= 15 is 0 Å². The Morgan fingerprint density at radius 3 is 2.80 bits per heavy atom. The quantitative estimate of drug-likeness (QED) is 0.243. The summed E-state index contributed by atoms with van der Waals surface area (Å²) in [5, 5.41) is 4.55. The third-order valence-electron chi connectivity index (χ3n) is 5.66. The molecule has 1 saturated heterocycles. The maximum atomic E-state index is 12.8. The molecule has 0 radical (unpaired) electrons. The largest absolute Gasteiger partial charge is 0.454 e. The number of hydrogen-bond donors (Lipinski definition) is 0. The normalized spacial score (nSPS) is 23.3. The molecule has 0 bridgehead atoms. The number of carbonyl (C=O) groups is 1. The van der Waals surface area contributed by atoms with Crippen LogP contribution in [0.15, 0.2) is 53.9 Å². The van der Waals surface area contributed by atoms with Crippen molar-refractivity contribution in [3.05, 3.63) is 70.4 Å². The van der Waals surface area contributed by atoms with Gasteiger partial charge in [-0.1, -0.05) is 37.2 Å². The fraction of sp³-hybridized carbons (Fsp3) is 0.364. The summed E-state index contributed by atoms with van der Waals surface area (Å²) in [6.45, 7) is 6.02. The number of aryl methyl sites for hydroxylation is 1. The first-order chi connectivity index (χ1) is 14.5. The van der Waals surface area contributed by atoms with Gasteiger partial charge in [-0.15, -0.1) is 0 Å². The van der Waals surface area contributed by atoms with Crippen LogP contribution < -0.4 is 0 Å². The summed E-state index contributed by atoms with van der Waals surface area (Å²) in [6, 6.07) is 10.6. The molecule has 4 atom stereocenters. The molecule has 2 aromatic heterocycles. The molecule has 0 amide bonds. The van der Waals surface area contributed by atoms with Gasteiger partial charge in [0, 0.05) is 28.6 Å². The van der Waals surface area contributed by atoms with Gasteiger partial charge >= 0.3 is 5.97 Å². The second-order valence-corrected chi connectivity index (χ2v) is 7.51. The second kappa shape index (κ2) is 8.18. The third kappa shape index (κ3) is 3.40. The Balaban J connectivity index is 1.75. The number of esters is 1. The molecule has 1 fully saturated rings. The van der Waals surface area contributed by atoms with Crippen LogP contribution in [0.5, 0.6) is 0 Å². The molecule has 0 aliphatic carbocycles. The van der Waals surface area contributed by atoms with Gasteiger partial charge in [-0.25, -0.2) is 9.78 Å². The lowest BCUT2D eigenvalue weighted by atomic mass is 9.98. The average Bonchev–Trinajstić information content (AvgIpc) is 3.26. The molecule has 0 N–H and O–H groups in total. The molecule has 154 valence electrons. The Morgan fingerprint density at radius 1 is 1.33 bits per heavy atom. The zero-order valence-electron chi connectivity index (χ0n) is 17.1. The smallest absolute Gasteiger partial charge is 0.338 e. The Labute approximate surface area is 174 Å². The number of fused-ring (bicyclic) bond motifs is 1. The summed E-state index contributed by atoms with van der Waals surface area (Å²) in [4.78, 5) is 20.2. The van der Waals surface area contributed by atoms with Gasteiger partial charge in [-0.05, 0) is 42.6 Å². The van der Waals surface area contributed by atoms with Crippen LogP contribution in [0.4, 0.5) is 5.69 Å². The second-order valence-electron chi connectivity index (χ2n) is 7.51. The van der Waals surface area contributed by atoms with Crippen LogP contribution in [0.25, 0.3) is 21.5 Å². The van der Waals surface area contributed by atoms with E-state index in [1.807, 2.05) is 42.8 Å².